The van der Waals surface area contributed by atoms with Crippen molar-refractivity contribution >= 4 is 23.2 Å². The molecule has 30 heavy (non-hydrogen) atoms. The molecule has 7 heteroatoms. The van der Waals surface area contributed by atoms with Gasteiger partial charge in [-0.3, -0.25) is 9.59 Å². The van der Waals surface area contributed by atoms with Crippen molar-refractivity contribution in [2.45, 2.75) is 11.7 Å². The van der Waals surface area contributed by atoms with Crippen LogP contribution in [0.2, 0.25) is 0 Å². The molecule has 2 bridgehead atoms. The molecule has 4 atom stereocenters. The van der Waals surface area contributed by atoms with E-state index in [1.54, 1.807) is 43.4 Å². The maximum atomic E-state index is 13.4. The average molecular weight is 406 g/mol. The molecular weight excluding hydrogens is 384 g/mol. The topological polar surface area (TPSA) is 77.1 Å². The summed E-state index contributed by atoms with van der Waals surface area (Å²) in [5.41, 5.74) is 0.655. The molecule has 0 unspecified atom stereocenters. The summed E-state index contributed by atoms with van der Waals surface area (Å²) in [6.07, 6.45) is 3.45. The zero-order valence-electron chi connectivity index (χ0n) is 16.7. The quantitative estimate of drug-likeness (QED) is 0.773. The minimum atomic E-state index is -0.760. The maximum Gasteiger partial charge on any atom is 0.234 e. The fourth-order valence-electron chi connectivity index (χ4n) is 4.68. The van der Waals surface area contributed by atoms with Gasteiger partial charge in [0.15, 0.2) is 0 Å². The van der Waals surface area contributed by atoms with E-state index in [4.69, 9.17) is 14.2 Å². The monoisotopic (exact) mass is 406 g/mol. The second-order valence-corrected chi connectivity index (χ2v) is 7.74. The highest BCUT2D eigenvalue weighted by Crippen LogP contribution is 2.52. The number of benzene rings is 2. The lowest BCUT2D eigenvalue weighted by atomic mass is 9.77. The van der Waals surface area contributed by atoms with Gasteiger partial charge >= 0.3 is 0 Å². The van der Waals surface area contributed by atoms with Crippen LogP contribution in [0, 0.1) is 11.8 Å². The molecular formula is C23H22N2O5. The molecule has 7 nitrogen and oxygen atoms in total. The summed E-state index contributed by atoms with van der Waals surface area (Å²) < 4.78 is 16.5. The minimum absolute atomic E-state index is 0.0955. The molecule has 2 amide bonds. The first-order valence-electron chi connectivity index (χ1n) is 9.82. The second-order valence-electron chi connectivity index (χ2n) is 7.74. The number of ether oxygens (including phenoxy) is 3. The Morgan fingerprint density at radius 3 is 2.33 bits per heavy atom. The van der Waals surface area contributed by atoms with Crippen molar-refractivity contribution < 1.29 is 23.8 Å². The van der Waals surface area contributed by atoms with Crippen LogP contribution in [0.1, 0.15) is 0 Å². The van der Waals surface area contributed by atoms with Crippen molar-refractivity contribution in [1.29, 1.82) is 0 Å². The van der Waals surface area contributed by atoms with Gasteiger partial charge in [-0.1, -0.05) is 12.2 Å². The van der Waals surface area contributed by atoms with Crippen LogP contribution in [0.25, 0.3) is 0 Å². The first kappa shape index (κ1) is 18.7. The smallest absolute Gasteiger partial charge is 0.234 e. The molecule has 154 valence electrons. The predicted octanol–water partition coefficient (Wildman–Crippen LogP) is 2.63. The Morgan fingerprint density at radius 2 is 1.70 bits per heavy atom. The third-order valence-electron chi connectivity index (χ3n) is 6.14. The highest BCUT2D eigenvalue weighted by molar-refractivity contribution is 6.05. The Kier molecular flexibility index (Phi) is 4.29. The second kappa shape index (κ2) is 6.88. The fourth-order valence-corrected chi connectivity index (χ4v) is 4.68. The first-order chi connectivity index (χ1) is 14.5. The van der Waals surface area contributed by atoms with Gasteiger partial charge < -0.3 is 24.4 Å². The normalized spacial score (nSPS) is 28.5. The number of methoxy groups -OCH3 is 2. The molecule has 5 rings (SSSR count). The molecule has 0 saturated carbocycles. The van der Waals surface area contributed by atoms with Crippen LogP contribution in [0.3, 0.4) is 0 Å². The van der Waals surface area contributed by atoms with Crippen LogP contribution >= 0.6 is 0 Å². The van der Waals surface area contributed by atoms with Gasteiger partial charge in [0.1, 0.15) is 17.1 Å². The van der Waals surface area contributed by atoms with E-state index in [1.807, 2.05) is 36.4 Å². The minimum Gasteiger partial charge on any atom is -0.497 e. The Bertz CT molecular complexity index is 1020. The van der Waals surface area contributed by atoms with Gasteiger partial charge in [0, 0.05) is 11.4 Å². The number of anilines is 2. The van der Waals surface area contributed by atoms with E-state index >= 15 is 0 Å². The van der Waals surface area contributed by atoms with Gasteiger partial charge in [-0.05, 0) is 48.5 Å². The molecule has 0 aromatic heterocycles. The summed E-state index contributed by atoms with van der Waals surface area (Å²) in [7, 11) is 3.19. The first-order valence-corrected chi connectivity index (χ1v) is 9.82. The molecule has 0 radical (unpaired) electrons. The van der Waals surface area contributed by atoms with Gasteiger partial charge in [0.2, 0.25) is 11.8 Å². The molecule has 0 aliphatic carbocycles. The van der Waals surface area contributed by atoms with Gasteiger partial charge in [-0.15, -0.1) is 0 Å². The van der Waals surface area contributed by atoms with E-state index in [9.17, 15) is 9.59 Å². The number of hydrogen-bond donors (Lipinski definition) is 1. The molecule has 3 heterocycles. The zero-order chi connectivity index (χ0) is 20.9. The number of hydrogen-bond acceptors (Lipinski definition) is 5. The number of nitrogens with one attached hydrogen (secondary N) is 1. The van der Waals surface area contributed by atoms with Gasteiger partial charge in [-0.25, -0.2) is 0 Å². The summed E-state index contributed by atoms with van der Waals surface area (Å²) in [6.45, 7) is 0.391. The van der Waals surface area contributed by atoms with Crippen LogP contribution in [-0.4, -0.2) is 44.3 Å². The Labute approximate surface area is 174 Å². The standard InChI is InChI=1S/C23H22N2O5/c1-28-16-7-3-14(4-8-16)24-21(26)19-18-11-12-23(30-18)13-25(22(27)20(19)23)15-5-9-17(29-2)10-6-15/h3-12,18-20H,13H2,1-2H3,(H,24,26)/t18-,19+,20-,23+/m1/s1. The maximum absolute atomic E-state index is 13.4. The summed E-state index contributed by atoms with van der Waals surface area (Å²) in [6, 6.07) is 14.4. The molecule has 2 saturated heterocycles. The van der Waals surface area contributed by atoms with Crippen LogP contribution in [-0.2, 0) is 14.3 Å². The van der Waals surface area contributed by atoms with E-state index in [2.05, 4.69) is 5.32 Å². The van der Waals surface area contributed by atoms with Crippen LogP contribution in [0.4, 0.5) is 11.4 Å². The Morgan fingerprint density at radius 1 is 1.07 bits per heavy atom. The van der Waals surface area contributed by atoms with Crippen molar-refractivity contribution in [3.05, 3.63) is 60.7 Å². The van der Waals surface area contributed by atoms with E-state index in [-0.39, 0.29) is 11.8 Å². The third-order valence-corrected chi connectivity index (χ3v) is 6.14. The number of carbonyl (C=O) groups is 2. The van der Waals surface area contributed by atoms with Crippen molar-refractivity contribution in [3.63, 3.8) is 0 Å². The number of fused-ring (bicyclic) bond motifs is 1. The summed E-state index contributed by atoms with van der Waals surface area (Å²) in [4.78, 5) is 28.2. The Balaban J connectivity index is 1.39. The van der Waals surface area contributed by atoms with Crippen molar-refractivity contribution in [1.82, 2.24) is 0 Å². The van der Waals surface area contributed by atoms with Crippen molar-refractivity contribution in [2.75, 3.05) is 31.0 Å². The van der Waals surface area contributed by atoms with Crippen molar-refractivity contribution in [2.24, 2.45) is 11.8 Å². The molecule has 2 fully saturated rings. The van der Waals surface area contributed by atoms with Gasteiger partial charge in [0.05, 0.1) is 38.7 Å². The lowest BCUT2D eigenvalue weighted by molar-refractivity contribution is -0.128. The van der Waals surface area contributed by atoms with E-state index in [1.165, 1.54) is 0 Å². The molecule has 1 spiro atoms. The zero-order valence-corrected chi connectivity index (χ0v) is 16.7. The summed E-state index contributed by atoms with van der Waals surface area (Å²) >= 11 is 0. The fraction of sp³-hybridized carbons (Fsp3) is 0.304. The van der Waals surface area contributed by atoms with E-state index < -0.39 is 23.5 Å². The molecule has 2 aromatic carbocycles. The van der Waals surface area contributed by atoms with Gasteiger partial charge in [-0.2, -0.15) is 0 Å². The van der Waals surface area contributed by atoms with Crippen LogP contribution in [0.5, 0.6) is 11.5 Å². The third kappa shape index (κ3) is 2.77. The van der Waals surface area contributed by atoms with E-state index in [0.29, 0.717) is 18.0 Å². The lowest BCUT2D eigenvalue weighted by Crippen LogP contribution is -2.41. The van der Waals surface area contributed by atoms with E-state index in [0.717, 1.165) is 11.4 Å². The predicted molar refractivity (Wildman–Crippen MR) is 111 cm³/mol. The van der Waals surface area contributed by atoms with Crippen LogP contribution in [0.15, 0.2) is 60.7 Å². The molecule has 2 aromatic rings. The summed E-state index contributed by atoms with van der Waals surface area (Å²) in [5, 5.41) is 2.92. The highest BCUT2D eigenvalue weighted by Gasteiger charge is 2.67. The molecule has 3 aliphatic rings. The lowest BCUT2D eigenvalue weighted by Gasteiger charge is -2.23. The molecule has 3 aliphatic heterocycles. The number of carbonyl (C=O) groups excluding carboxylic acids is 2. The molecule has 1 N–H and O–H groups in total. The summed E-state index contributed by atoms with van der Waals surface area (Å²) in [5.74, 6) is -0.00857. The Hall–Kier alpha value is -3.32. The van der Waals surface area contributed by atoms with Gasteiger partial charge in [0.25, 0.3) is 0 Å². The average Bonchev–Trinajstić information content (AvgIpc) is 3.42. The van der Waals surface area contributed by atoms with Crippen molar-refractivity contribution in [3.8, 4) is 11.5 Å². The largest absolute Gasteiger partial charge is 0.497 e. The van der Waals surface area contributed by atoms with Crippen LogP contribution < -0.4 is 19.7 Å². The number of rotatable bonds is 5. The number of amides is 2. The SMILES string of the molecule is COc1ccc(NC(=O)[C@H]2[C@H]3C=C[C@@]4(CN(c5ccc(OC)cc5)C(=O)[C@@H]24)O3)cc1. The highest BCUT2D eigenvalue weighted by atomic mass is 16.5. The number of nitrogens with zero attached hydrogens (tertiary/aromatic N) is 1.